The lowest BCUT2D eigenvalue weighted by Crippen LogP contribution is -2.03. The molecule has 1 unspecified atom stereocenters. The zero-order valence-electron chi connectivity index (χ0n) is 9.91. The molecule has 0 saturated heterocycles. The summed E-state index contributed by atoms with van der Waals surface area (Å²) in [5.41, 5.74) is 0. The summed E-state index contributed by atoms with van der Waals surface area (Å²) in [6.07, 6.45) is 2.19. The zero-order chi connectivity index (χ0) is 13.2. The van der Waals surface area contributed by atoms with Gasteiger partial charge in [0.25, 0.3) is 0 Å². The van der Waals surface area contributed by atoms with Crippen LogP contribution in [-0.2, 0) is 6.18 Å². The molecule has 0 aliphatic heterocycles. The second-order valence-corrected chi connectivity index (χ2v) is 5.87. The van der Waals surface area contributed by atoms with Gasteiger partial charge in [-0.2, -0.15) is 13.2 Å². The summed E-state index contributed by atoms with van der Waals surface area (Å²) in [6.45, 7) is 0. The van der Waals surface area contributed by atoms with Gasteiger partial charge < -0.3 is 5.11 Å². The Kier molecular flexibility index (Phi) is 4.27. The van der Waals surface area contributed by atoms with Gasteiger partial charge in [-0.05, 0) is 18.8 Å². The van der Waals surface area contributed by atoms with Crippen LogP contribution < -0.4 is 0 Å². The average molecular weight is 279 g/mol. The van der Waals surface area contributed by atoms with Gasteiger partial charge in [-0.3, -0.25) is 0 Å². The first-order valence-electron chi connectivity index (χ1n) is 6.18. The van der Waals surface area contributed by atoms with Gasteiger partial charge in [0.1, 0.15) is 0 Å². The third-order valence-corrected chi connectivity index (χ3v) is 4.56. The SMILES string of the molecule is OC(CCC1CCCC1)c1cnc(C(F)(F)F)s1. The smallest absolute Gasteiger partial charge is 0.388 e. The molecule has 1 heterocycles. The van der Waals surface area contributed by atoms with Crippen molar-refractivity contribution < 1.29 is 18.3 Å². The highest BCUT2D eigenvalue weighted by atomic mass is 32.1. The van der Waals surface area contributed by atoms with Crippen LogP contribution in [0.3, 0.4) is 0 Å². The second-order valence-electron chi connectivity index (χ2n) is 4.81. The van der Waals surface area contributed by atoms with E-state index in [9.17, 15) is 18.3 Å². The molecule has 0 amide bonds. The summed E-state index contributed by atoms with van der Waals surface area (Å²) in [5, 5.41) is 8.99. The lowest BCUT2D eigenvalue weighted by molar-refractivity contribution is -0.137. The Morgan fingerprint density at radius 3 is 2.61 bits per heavy atom. The number of nitrogens with zero attached hydrogens (tertiary/aromatic N) is 1. The third-order valence-electron chi connectivity index (χ3n) is 3.42. The van der Waals surface area contributed by atoms with Crippen molar-refractivity contribution in [1.82, 2.24) is 4.98 Å². The topological polar surface area (TPSA) is 33.1 Å². The van der Waals surface area contributed by atoms with Crippen molar-refractivity contribution in [3.63, 3.8) is 0 Å². The number of thiazole rings is 1. The van der Waals surface area contributed by atoms with Crippen molar-refractivity contribution in [1.29, 1.82) is 0 Å². The number of alkyl halides is 3. The molecule has 2 rings (SSSR count). The van der Waals surface area contributed by atoms with Gasteiger partial charge in [0.15, 0.2) is 5.01 Å². The molecular formula is C12H16F3NOS. The van der Waals surface area contributed by atoms with Crippen molar-refractivity contribution >= 4 is 11.3 Å². The van der Waals surface area contributed by atoms with Crippen LogP contribution in [0.25, 0.3) is 0 Å². The largest absolute Gasteiger partial charge is 0.443 e. The third kappa shape index (κ3) is 3.45. The van der Waals surface area contributed by atoms with E-state index in [4.69, 9.17) is 0 Å². The fourth-order valence-corrected chi connectivity index (χ4v) is 3.21. The summed E-state index contributed by atoms with van der Waals surface area (Å²) in [5.74, 6) is 0.634. The van der Waals surface area contributed by atoms with Crippen LogP contribution in [0, 0.1) is 5.92 Å². The Labute approximate surface area is 108 Å². The normalized spacial score (nSPS) is 19.3. The molecule has 1 aromatic heterocycles. The number of hydrogen-bond donors (Lipinski definition) is 1. The molecule has 1 aromatic rings. The number of hydrogen-bond acceptors (Lipinski definition) is 3. The summed E-state index contributed by atoms with van der Waals surface area (Å²) >= 11 is 0.544. The highest BCUT2D eigenvalue weighted by Gasteiger charge is 2.35. The molecule has 0 spiro atoms. The molecule has 1 N–H and O–H groups in total. The number of halogens is 3. The Hall–Kier alpha value is -0.620. The van der Waals surface area contributed by atoms with E-state index in [-0.39, 0.29) is 0 Å². The molecule has 6 heteroatoms. The minimum Gasteiger partial charge on any atom is -0.388 e. The van der Waals surface area contributed by atoms with Crippen LogP contribution in [0.15, 0.2) is 6.20 Å². The minimum atomic E-state index is -4.41. The van der Waals surface area contributed by atoms with Gasteiger partial charge in [-0.1, -0.05) is 25.7 Å². The van der Waals surface area contributed by atoms with Gasteiger partial charge in [-0.25, -0.2) is 4.98 Å². The molecule has 1 aliphatic carbocycles. The van der Waals surface area contributed by atoms with Crippen molar-refractivity contribution in [2.24, 2.45) is 5.92 Å². The van der Waals surface area contributed by atoms with Crippen LogP contribution in [0.1, 0.15) is 54.5 Å². The molecule has 0 aromatic carbocycles. The van der Waals surface area contributed by atoms with Gasteiger partial charge >= 0.3 is 6.18 Å². The van der Waals surface area contributed by atoms with Gasteiger partial charge in [0.05, 0.1) is 11.0 Å². The highest BCUT2D eigenvalue weighted by molar-refractivity contribution is 7.11. The van der Waals surface area contributed by atoms with E-state index in [1.165, 1.54) is 25.7 Å². The maximum Gasteiger partial charge on any atom is 0.443 e. The Balaban J connectivity index is 1.88. The Morgan fingerprint density at radius 2 is 2.06 bits per heavy atom. The lowest BCUT2D eigenvalue weighted by atomic mass is 9.99. The van der Waals surface area contributed by atoms with E-state index in [2.05, 4.69) is 4.98 Å². The molecule has 1 atom stereocenters. The van der Waals surface area contributed by atoms with Crippen molar-refractivity contribution in [3.05, 3.63) is 16.1 Å². The van der Waals surface area contributed by atoms with E-state index in [1.54, 1.807) is 0 Å². The lowest BCUT2D eigenvalue weighted by Gasteiger charge is -2.12. The van der Waals surface area contributed by atoms with Crippen LogP contribution in [-0.4, -0.2) is 10.1 Å². The van der Waals surface area contributed by atoms with E-state index in [0.29, 0.717) is 28.6 Å². The number of rotatable bonds is 4. The number of aromatic nitrogens is 1. The molecule has 1 fully saturated rings. The first kappa shape index (κ1) is 13.8. The first-order chi connectivity index (χ1) is 8.47. The molecule has 1 aliphatic rings. The van der Waals surface area contributed by atoms with E-state index < -0.39 is 17.3 Å². The first-order valence-corrected chi connectivity index (χ1v) is 6.99. The molecule has 1 saturated carbocycles. The highest BCUT2D eigenvalue weighted by Crippen LogP contribution is 2.36. The summed E-state index contributed by atoms with van der Waals surface area (Å²) in [7, 11) is 0. The molecule has 0 bridgehead atoms. The number of aliphatic hydroxyl groups is 1. The minimum absolute atomic E-state index is 0.320. The van der Waals surface area contributed by atoms with E-state index >= 15 is 0 Å². The predicted molar refractivity (Wildman–Crippen MR) is 63.3 cm³/mol. The van der Waals surface area contributed by atoms with Gasteiger partial charge in [-0.15, -0.1) is 11.3 Å². The molecule has 18 heavy (non-hydrogen) atoms. The summed E-state index contributed by atoms with van der Waals surface area (Å²) in [4.78, 5) is 3.64. The van der Waals surface area contributed by atoms with E-state index in [1.807, 2.05) is 0 Å². The maximum atomic E-state index is 12.4. The quantitative estimate of drug-likeness (QED) is 0.897. The summed E-state index contributed by atoms with van der Waals surface area (Å²) < 4.78 is 37.1. The molecule has 102 valence electrons. The predicted octanol–water partition coefficient (Wildman–Crippen LogP) is 4.17. The maximum absolute atomic E-state index is 12.4. The van der Waals surface area contributed by atoms with Crippen molar-refractivity contribution in [2.75, 3.05) is 0 Å². The van der Waals surface area contributed by atoms with Crippen LogP contribution in [0.4, 0.5) is 13.2 Å². The van der Waals surface area contributed by atoms with Gasteiger partial charge in [0, 0.05) is 6.20 Å². The Morgan fingerprint density at radius 1 is 1.39 bits per heavy atom. The van der Waals surface area contributed by atoms with Gasteiger partial charge in [0.2, 0.25) is 0 Å². The molecule has 2 nitrogen and oxygen atoms in total. The fraction of sp³-hybridized carbons (Fsp3) is 0.750. The number of aliphatic hydroxyl groups excluding tert-OH is 1. The standard InChI is InChI=1S/C12H16F3NOS/c13-12(14,15)11-16-7-10(18-11)9(17)6-5-8-3-1-2-4-8/h7-9,17H,1-6H2. The van der Waals surface area contributed by atoms with Crippen molar-refractivity contribution in [3.8, 4) is 0 Å². The summed E-state index contributed by atoms with van der Waals surface area (Å²) in [6, 6.07) is 0. The van der Waals surface area contributed by atoms with Crippen LogP contribution in [0.2, 0.25) is 0 Å². The average Bonchev–Trinajstić information content (AvgIpc) is 2.96. The van der Waals surface area contributed by atoms with Crippen molar-refractivity contribution in [2.45, 2.75) is 50.8 Å². The zero-order valence-corrected chi connectivity index (χ0v) is 10.7. The molecular weight excluding hydrogens is 263 g/mol. The monoisotopic (exact) mass is 279 g/mol. The van der Waals surface area contributed by atoms with E-state index in [0.717, 1.165) is 12.6 Å². The fourth-order valence-electron chi connectivity index (χ4n) is 2.41. The second kappa shape index (κ2) is 5.57. The van der Waals surface area contributed by atoms with Crippen LogP contribution in [0.5, 0.6) is 0 Å². The molecule has 0 radical (unpaired) electrons. The Bertz CT molecular complexity index is 385. The van der Waals surface area contributed by atoms with Crippen LogP contribution >= 0.6 is 11.3 Å².